The summed E-state index contributed by atoms with van der Waals surface area (Å²) in [6.45, 7) is 5.02. The summed E-state index contributed by atoms with van der Waals surface area (Å²) in [6.07, 6.45) is -4.03. The topological polar surface area (TPSA) is 31.2 Å². The fourth-order valence-electron chi connectivity index (χ4n) is 2.07. The first kappa shape index (κ1) is 18.9. The highest BCUT2D eigenvalue weighted by Gasteiger charge is 2.35. The largest absolute Gasteiger partial charge is 0.443 e. The van der Waals surface area contributed by atoms with Gasteiger partial charge in [-0.15, -0.1) is 0 Å². The summed E-state index contributed by atoms with van der Waals surface area (Å²) < 4.78 is 46.7. The molecule has 0 aliphatic heterocycles. The van der Waals surface area contributed by atoms with E-state index >= 15 is 0 Å². The predicted molar refractivity (Wildman–Crippen MR) is 89.2 cm³/mol. The van der Waals surface area contributed by atoms with Crippen LogP contribution < -0.4 is 0 Å². The number of halogens is 5. The standard InChI is InChI=1S/C16H14BrClF3NO2/c1-15(2,3)24-14(23)22-8-9(17)6-13(22)11-5-4-10(18)7-12(11)16(19,20)21/h4-8H,1-3H3. The van der Waals surface area contributed by atoms with Gasteiger partial charge in [-0.05, 0) is 54.9 Å². The average Bonchev–Trinajstić information content (AvgIpc) is 2.78. The van der Waals surface area contributed by atoms with E-state index in [1.807, 2.05) is 0 Å². The molecule has 0 fully saturated rings. The van der Waals surface area contributed by atoms with Gasteiger partial charge in [-0.2, -0.15) is 13.2 Å². The second-order valence-corrected chi connectivity index (χ2v) is 7.43. The van der Waals surface area contributed by atoms with Gasteiger partial charge in [0.1, 0.15) is 5.60 Å². The fourth-order valence-corrected chi connectivity index (χ4v) is 2.67. The lowest BCUT2D eigenvalue weighted by atomic mass is 10.0. The van der Waals surface area contributed by atoms with Gasteiger partial charge < -0.3 is 4.74 Å². The Morgan fingerprint density at radius 1 is 1.21 bits per heavy atom. The van der Waals surface area contributed by atoms with Crippen LogP contribution in [-0.2, 0) is 10.9 Å². The van der Waals surface area contributed by atoms with E-state index in [-0.39, 0.29) is 16.3 Å². The van der Waals surface area contributed by atoms with Crippen LogP contribution in [0.2, 0.25) is 5.02 Å². The van der Waals surface area contributed by atoms with Gasteiger partial charge in [-0.1, -0.05) is 17.7 Å². The first-order valence-electron chi connectivity index (χ1n) is 6.87. The number of carbonyl (C=O) groups excluding carboxylic acids is 1. The van der Waals surface area contributed by atoms with E-state index in [0.717, 1.165) is 10.6 Å². The highest BCUT2D eigenvalue weighted by atomic mass is 79.9. The molecule has 0 radical (unpaired) electrons. The van der Waals surface area contributed by atoms with Crippen molar-refractivity contribution >= 4 is 33.6 Å². The number of aromatic nitrogens is 1. The zero-order valence-corrected chi connectivity index (χ0v) is 15.4. The monoisotopic (exact) mass is 423 g/mol. The molecular weight excluding hydrogens is 411 g/mol. The molecule has 0 amide bonds. The lowest BCUT2D eigenvalue weighted by molar-refractivity contribution is -0.137. The molecule has 2 aromatic rings. The number of rotatable bonds is 1. The van der Waals surface area contributed by atoms with Crippen LogP contribution in [0.3, 0.4) is 0 Å². The van der Waals surface area contributed by atoms with Gasteiger partial charge in [0.05, 0.1) is 11.3 Å². The third-order valence-electron chi connectivity index (χ3n) is 2.94. The van der Waals surface area contributed by atoms with Crippen molar-refractivity contribution in [1.29, 1.82) is 0 Å². The molecule has 0 aliphatic rings. The van der Waals surface area contributed by atoms with E-state index in [4.69, 9.17) is 16.3 Å². The van der Waals surface area contributed by atoms with Crippen molar-refractivity contribution in [2.24, 2.45) is 0 Å². The minimum atomic E-state index is -4.62. The summed E-state index contributed by atoms with van der Waals surface area (Å²) in [5.74, 6) is 0. The molecule has 3 nitrogen and oxygen atoms in total. The highest BCUT2D eigenvalue weighted by molar-refractivity contribution is 9.10. The molecule has 0 spiro atoms. The number of hydrogen-bond donors (Lipinski definition) is 0. The Balaban J connectivity index is 2.61. The summed E-state index contributed by atoms with van der Waals surface area (Å²) >= 11 is 8.88. The zero-order chi connectivity index (χ0) is 18.3. The van der Waals surface area contributed by atoms with Crippen molar-refractivity contribution < 1.29 is 22.7 Å². The van der Waals surface area contributed by atoms with E-state index in [0.29, 0.717) is 4.47 Å². The Kier molecular flexibility index (Phi) is 5.06. The van der Waals surface area contributed by atoms with Crippen LogP contribution in [0.15, 0.2) is 34.9 Å². The Morgan fingerprint density at radius 2 is 1.83 bits per heavy atom. The predicted octanol–water partition coefficient (Wildman–Crippen LogP) is 6.37. The molecule has 24 heavy (non-hydrogen) atoms. The number of carbonyl (C=O) groups is 1. The van der Waals surface area contributed by atoms with Gasteiger partial charge in [0, 0.05) is 21.3 Å². The number of ether oxygens (including phenoxy) is 1. The quantitative estimate of drug-likeness (QED) is 0.532. The van der Waals surface area contributed by atoms with Gasteiger partial charge in [-0.3, -0.25) is 4.57 Å². The Morgan fingerprint density at radius 3 is 2.38 bits per heavy atom. The van der Waals surface area contributed by atoms with Crippen molar-refractivity contribution in [3.05, 3.63) is 45.5 Å². The highest BCUT2D eigenvalue weighted by Crippen LogP contribution is 2.39. The van der Waals surface area contributed by atoms with E-state index in [2.05, 4.69) is 15.9 Å². The third-order valence-corrected chi connectivity index (χ3v) is 3.61. The summed E-state index contributed by atoms with van der Waals surface area (Å²) in [7, 11) is 0. The number of nitrogens with zero attached hydrogens (tertiary/aromatic N) is 1. The van der Waals surface area contributed by atoms with Crippen molar-refractivity contribution in [1.82, 2.24) is 4.57 Å². The second kappa shape index (κ2) is 6.44. The number of benzene rings is 1. The number of alkyl halides is 3. The van der Waals surface area contributed by atoms with Crippen LogP contribution in [0.5, 0.6) is 0 Å². The van der Waals surface area contributed by atoms with Gasteiger partial charge in [-0.25, -0.2) is 4.79 Å². The summed E-state index contributed by atoms with van der Waals surface area (Å²) in [5, 5.41) is -0.0412. The zero-order valence-electron chi connectivity index (χ0n) is 13.0. The molecule has 130 valence electrons. The van der Waals surface area contributed by atoms with E-state index < -0.39 is 23.4 Å². The van der Waals surface area contributed by atoms with E-state index in [9.17, 15) is 18.0 Å². The molecule has 0 N–H and O–H groups in total. The lowest BCUT2D eigenvalue weighted by Crippen LogP contribution is -2.27. The van der Waals surface area contributed by atoms with Gasteiger partial charge in [0.15, 0.2) is 0 Å². The SMILES string of the molecule is CC(C)(C)OC(=O)n1cc(Br)cc1-c1ccc(Cl)cc1C(F)(F)F. The van der Waals surface area contributed by atoms with Crippen LogP contribution in [0.25, 0.3) is 11.3 Å². The molecule has 0 saturated heterocycles. The number of hydrogen-bond acceptors (Lipinski definition) is 2. The minimum Gasteiger partial charge on any atom is -0.443 e. The smallest absolute Gasteiger partial charge is 0.419 e. The fraction of sp³-hybridized carbons (Fsp3) is 0.312. The van der Waals surface area contributed by atoms with Crippen molar-refractivity contribution in [2.45, 2.75) is 32.5 Å². The second-order valence-electron chi connectivity index (χ2n) is 6.08. The maximum Gasteiger partial charge on any atom is 0.419 e. The van der Waals surface area contributed by atoms with Crippen LogP contribution in [0, 0.1) is 0 Å². The summed E-state index contributed by atoms with van der Waals surface area (Å²) in [4.78, 5) is 12.3. The van der Waals surface area contributed by atoms with E-state index in [1.54, 1.807) is 20.8 Å². The molecule has 0 atom stereocenters. The first-order valence-corrected chi connectivity index (χ1v) is 8.04. The van der Waals surface area contributed by atoms with Crippen LogP contribution in [0.1, 0.15) is 26.3 Å². The first-order chi connectivity index (χ1) is 10.9. The molecule has 8 heteroatoms. The molecule has 0 aliphatic carbocycles. The van der Waals surface area contributed by atoms with Gasteiger partial charge >= 0.3 is 12.3 Å². The normalized spacial score (nSPS) is 12.3. The Labute approximate surface area is 150 Å². The molecule has 1 aromatic carbocycles. The van der Waals surface area contributed by atoms with Crippen molar-refractivity contribution in [3.8, 4) is 11.3 Å². The average molecular weight is 425 g/mol. The van der Waals surface area contributed by atoms with Crippen LogP contribution in [-0.4, -0.2) is 16.3 Å². The molecule has 0 unspecified atom stereocenters. The summed E-state index contributed by atoms with van der Waals surface area (Å²) in [6, 6.07) is 4.82. The molecule has 0 bridgehead atoms. The lowest BCUT2D eigenvalue weighted by Gasteiger charge is -2.21. The minimum absolute atomic E-state index is 0.0412. The Bertz CT molecular complexity index is 779. The molecule has 0 saturated carbocycles. The molecule has 2 rings (SSSR count). The molecule has 1 aromatic heterocycles. The summed E-state index contributed by atoms with van der Waals surface area (Å²) in [5.41, 5.74) is -1.81. The van der Waals surface area contributed by atoms with Crippen molar-refractivity contribution in [2.75, 3.05) is 0 Å². The van der Waals surface area contributed by atoms with Crippen LogP contribution >= 0.6 is 27.5 Å². The van der Waals surface area contributed by atoms with Crippen molar-refractivity contribution in [3.63, 3.8) is 0 Å². The Hall–Kier alpha value is -1.47. The van der Waals surface area contributed by atoms with E-state index in [1.165, 1.54) is 24.4 Å². The van der Waals surface area contributed by atoms with Gasteiger partial charge in [0.2, 0.25) is 0 Å². The third kappa shape index (κ3) is 4.33. The molecular formula is C16H14BrClF3NO2. The van der Waals surface area contributed by atoms with Crippen LogP contribution in [0.4, 0.5) is 18.0 Å². The maximum absolute atomic E-state index is 13.3. The van der Waals surface area contributed by atoms with Gasteiger partial charge in [0.25, 0.3) is 0 Å². The maximum atomic E-state index is 13.3. The molecule has 1 heterocycles.